The number of Topliss-reactive ketones (excluding diaryl/α,β-unsaturated/α-hetero) is 1. The van der Waals surface area contributed by atoms with Crippen molar-refractivity contribution in [1.82, 2.24) is 4.98 Å². The summed E-state index contributed by atoms with van der Waals surface area (Å²) in [7, 11) is 0. The molecule has 0 saturated carbocycles. The number of carbonyl (C=O) groups is 2. The van der Waals surface area contributed by atoms with Crippen molar-refractivity contribution in [1.29, 1.82) is 0 Å². The minimum Gasteiger partial charge on any atom is -0.430 e. The fourth-order valence-corrected chi connectivity index (χ4v) is 4.36. The molecular weight excluding hydrogens is 406 g/mol. The van der Waals surface area contributed by atoms with E-state index in [4.69, 9.17) is 21.3 Å². The summed E-state index contributed by atoms with van der Waals surface area (Å²) in [6.07, 6.45) is 0.904. The third kappa shape index (κ3) is 4.78. The summed E-state index contributed by atoms with van der Waals surface area (Å²) in [5.74, 6) is 0.0414. The van der Waals surface area contributed by atoms with Crippen LogP contribution < -0.4 is 0 Å². The highest BCUT2D eigenvalue weighted by Crippen LogP contribution is 2.43. The molecule has 4 nitrogen and oxygen atoms in total. The van der Waals surface area contributed by atoms with E-state index in [0.29, 0.717) is 34.9 Å². The number of hydrogen-bond donors (Lipinski definition) is 0. The molecule has 0 bridgehead atoms. The van der Waals surface area contributed by atoms with Gasteiger partial charge in [0.25, 0.3) is 0 Å². The zero-order valence-electron chi connectivity index (χ0n) is 17.7. The molecule has 0 saturated heterocycles. The molecule has 0 fully saturated rings. The zero-order chi connectivity index (χ0) is 21.6. The molecule has 1 aromatic heterocycles. The zero-order valence-corrected chi connectivity index (χ0v) is 19.3. The summed E-state index contributed by atoms with van der Waals surface area (Å²) in [5, 5.41) is 1.41. The lowest BCUT2D eigenvalue weighted by molar-refractivity contribution is -0.149. The number of hydrogen-bond acceptors (Lipinski definition) is 5. The summed E-state index contributed by atoms with van der Waals surface area (Å²) in [5.41, 5.74) is 1.000. The van der Waals surface area contributed by atoms with Crippen molar-refractivity contribution in [2.75, 3.05) is 0 Å². The summed E-state index contributed by atoms with van der Waals surface area (Å²) >= 11 is 7.63. The fourth-order valence-electron chi connectivity index (χ4n) is 3.25. The second kappa shape index (κ2) is 7.69. The highest BCUT2D eigenvalue weighted by Gasteiger charge is 2.38. The third-order valence-corrected chi connectivity index (χ3v) is 6.02. The first-order chi connectivity index (χ1) is 13.4. The number of halogens is 1. The molecule has 1 aliphatic carbocycles. The van der Waals surface area contributed by atoms with Gasteiger partial charge in [-0.3, -0.25) is 9.59 Å². The molecule has 0 atom stereocenters. The Morgan fingerprint density at radius 3 is 2.55 bits per heavy atom. The van der Waals surface area contributed by atoms with Gasteiger partial charge in [-0.15, -0.1) is 11.3 Å². The van der Waals surface area contributed by atoms with Gasteiger partial charge in [0.15, 0.2) is 5.78 Å². The molecule has 0 unspecified atom stereocenters. The third-order valence-electron chi connectivity index (χ3n) is 4.77. The molecule has 154 valence electrons. The van der Waals surface area contributed by atoms with Gasteiger partial charge in [-0.25, -0.2) is 4.98 Å². The molecule has 2 aromatic rings. The first-order valence-electron chi connectivity index (χ1n) is 9.60. The van der Waals surface area contributed by atoms with E-state index >= 15 is 0 Å². The van der Waals surface area contributed by atoms with E-state index in [2.05, 4.69) is 0 Å². The van der Waals surface area contributed by atoms with E-state index in [9.17, 15) is 9.59 Å². The maximum Gasteiger partial charge on any atom is 0.316 e. The van der Waals surface area contributed by atoms with E-state index in [1.54, 1.807) is 20.8 Å². The molecule has 0 spiro atoms. The standard InChI is InChI=1S/C23H26ClNO3S/c1-13-19(25-20(29-13)14-8-7-9-15(24)10-14)18-16(26)11-23(5,6)12-17(18)28-21(27)22(2,3)4/h7-10H,11-12H2,1-6H3. The molecular formula is C23H26ClNO3S. The molecule has 3 rings (SSSR count). The van der Waals surface area contributed by atoms with Crippen LogP contribution >= 0.6 is 22.9 Å². The molecule has 0 N–H and O–H groups in total. The Kier molecular flexibility index (Phi) is 5.76. The van der Waals surface area contributed by atoms with Gasteiger partial charge in [0, 0.05) is 28.3 Å². The van der Waals surface area contributed by atoms with Crippen molar-refractivity contribution in [2.45, 2.75) is 54.4 Å². The lowest BCUT2D eigenvalue weighted by Gasteiger charge is -2.32. The number of allylic oxidation sites excluding steroid dienone is 2. The number of esters is 1. The van der Waals surface area contributed by atoms with Crippen LogP contribution in [0.15, 0.2) is 30.0 Å². The maximum absolute atomic E-state index is 13.1. The Labute approximate surface area is 181 Å². The van der Waals surface area contributed by atoms with Crippen molar-refractivity contribution in [3.05, 3.63) is 45.6 Å². The number of nitrogens with zero attached hydrogens (tertiary/aromatic N) is 1. The molecule has 6 heteroatoms. The molecule has 1 heterocycles. The predicted molar refractivity (Wildman–Crippen MR) is 118 cm³/mol. The molecule has 0 amide bonds. The second-order valence-electron chi connectivity index (χ2n) is 9.31. The Hall–Kier alpha value is -1.98. The van der Waals surface area contributed by atoms with Crippen LogP contribution in [0.4, 0.5) is 0 Å². The number of rotatable bonds is 3. The first-order valence-corrected chi connectivity index (χ1v) is 10.8. The van der Waals surface area contributed by atoms with Crippen LogP contribution in [0, 0.1) is 17.8 Å². The summed E-state index contributed by atoms with van der Waals surface area (Å²) in [6, 6.07) is 7.48. The average molecular weight is 432 g/mol. The quantitative estimate of drug-likeness (QED) is 0.523. The monoisotopic (exact) mass is 431 g/mol. The van der Waals surface area contributed by atoms with Crippen molar-refractivity contribution < 1.29 is 14.3 Å². The van der Waals surface area contributed by atoms with Crippen molar-refractivity contribution in [3.8, 4) is 10.6 Å². The lowest BCUT2D eigenvalue weighted by Crippen LogP contribution is -2.30. The van der Waals surface area contributed by atoms with Gasteiger partial charge in [-0.2, -0.15) is 0 Å². The van der Waals surface area contributed by atoms with Gasteiger partial charge in [0.05, 0.1) is 16.7 Å². The number of ketones is 1. The van der Waals surface area contributed by atoms with Gasteiger partial charge in [-0.1, -0.05) is 37.6 Å². The smallest absolute Gasteiger partial charge is 0.316 e. The first kappa shape index (κ1) is 21.7. The predicted octanol–water partition coefficient (Wildman–Crippen LogP) is 6.46. The van der Waals surface area contributed by atoms with Crippen LogP contribution in [0.5, 0.6) is 0 Å². The number of carbonyl (C=O) groups excluding carboxylic acids is 2. The van der Waals surface area contributed by atoms with Gasteiger partial charge >= 0.3 is 5.97 Å². The van der Waals surface area contributed by atoms with E-state index in [-0.39, 0.29) is 17.2 Å². The van der Waals surface area contributed by atoms with E-state index in [0.717, 1.165) is 15.4 Å². The summed E-state index contributed by atoms with van der Waals surface area (Å²) in [4.78, 5) is 31.3. The van der Waals surface area contributed by atoms with Crippen LogP contribution in [-0.4, -0.2) is 16.7 Å². The Bertz CT molecular complexity index is 1010. The number of thiazole rings is 1. The minimum absolute atomic E-state index is 0.0380. The van der Waals surface area contributed by atoms with E-state index in [1.165, 1.54) is 11.3 Å². The lowest BCUT2D eigenvalue weighted by atomic mass is 9.75. The number of aromatic nitrogens is 1. The van der Waals surface area contributed by atoms with Gasteiger partial charge < -0.3 is 4.74 Å². The van der Waals surface area contributed by atoms with Crippen LogP contribution in [0.25, 0.3) is 16.1 Å². The number of ether oxygens (including phenoxy) is 1. The molecule has 0 radical (unpaired) electrons. The van der Waals surface area contributed by atoms with Crippen molar-refractivity contribution >= 4 is 40.3 Å². The van der Waals surface area contributed by atoms with E-state index < -0.39 is 5.41 Å². The van der Waals surface area contributed by atoms with Gasteiger partial charge in [0.1, 0.15) is 10.8 Å². The number of aryl methyl sites for hydroxylation is 1. The summed E-state index contributed by atoms with van der Waals surface area (Å²) in [6.45, 7) is 11.4. The fraction of sp³-hybridized carbons (Fsp3) is 0.435. The molecule has 29 heavy (non-hydrogen) atoms. The van der Waals surface area contributed by atoms with E-state index in [1.807, 2.05) is 45.0 Å². The Morgan fingerprint density at radius 2 is 1.93 bits per heavy atom. The highest BCUT2D eigenvalue weighted by molar-refractivity contribution is 7.15. The number of benzene rings is 1. The molecule has 1 aliphatic rings. The largest absolute Gasteiger partial charge is 0.430 e. The average Bonchev–Trinajstić information content (AvgIpc) is 2.94. The summed E-state index contributed by atoms with van der Waals surface area (Å²) < 4.78 is 5.78. The van der Waals surface area contributed by atoms with Gasteiger partial charge in [-0.05, 0) is 45.2 Å². The highest BCUT2D eigenvalue weighted by atomic mass is 35.5. The minimum atomic E-state index is -0.661. The normalized spacial score (nSPS) is 16.9. The van der Waals surface area contributed by atoms with Crippen LogP contribution in [-0.2, 0) is 14.3 Å². The van der Waals surface area contributed by atoms with Crippen LogP contribution in [0.2, 0.25) is 5.02 Å². The van der Waals surface area contributed by atoms with Crippen molar-refractivity contribution in [2.24, 2.45) is 10.8 Å². The topological polar surface area (TPSA) is 56.3 Å². The van der Waals surface area contributed by atoms with Crippen molar-refractivity contribution in [3.63, 3.8) is 0 Å². The molecule has 0 aliphatic heterocycles. The molecule has 1 aromatic carbocycles. The van der Waals surface area contributed by atoms with Gasteiger partial charge in [0.2, 0.25) is 0 Å². The van der Waals surface area contributed by atoms with Crippen LogP contribution in [0.3, 0.4) is 0 Å². The van der Waals surface area contributed by atoms with Crippen LogP contribution in [0.1, 0.15) is 58.0 Å². The second-order valence-corrected chi connectivity index (χ2v) is 11.0. The SMILES string of the molecule is Cc1sc(-c2cccc(Cl)c2)nc1C1=C(OC(=O)C(C)(C)C)CC(C)(C)CC1=O. The Morgan fingerprint density at radius 1 is 1.24 bits per heavy atom. The Balaban J connectivity index is 2.11. The maximum atomic E-state index is 13.1.